The van der Waals surface area contributed by atoms with Crippen LogP contribution in [0, 0.1) is 5.82 Å². The molecule has 0 radical (unpaired) electrons. The molecule has 1 aliphatic rings. The molecule has 148 valence electrons. The van der Waals surface area contributed by atoms with Gasteiger partial charge in [0.1, 0.15) is 17.3 Å². The highest BCUT2D eigenvalue weighted by Crippen LogP contribution is 2.23. The zero-order chi connectivity index (χ0) is 20.2. The molecule has 0 saturated heterocycles. The summed E-state index contributed by atoms with van der Waals surface area (Å²) < 4.78 is 18.8. The van der Waals surface area contributed by atoms with E-state index in [1.807, 2.05) is 0 Å². The third kappa shape index (κ3) is 4.60. The summed E-state index contributed by atoms with van der Waals surface area (Å²) >= 11 is 0. The molecule has 0 saturated carbocycles. The molecule has 1 aliphatic carbocycles. The Morgan fingerprint density at radius 1 is 1.10 bits per heavy atom. The zero-order valence-electron chi connectivity index (χ0n) is 15.4. The minimum Gasteiger partial charge on any atom is -0.457 e. The molecule has 7 nitrogen and oxygen atoms in total. The fraction of sp³-hybridized carbons (Fsp3) is 0.190. The van der Waals surface area contributed by atoms with Crippen molar-refractivity contribution in [2.45, 2.75) is 25.3 Å². The lowest BCUT2D eigenvalue weighted by molar-refractivity contribution is -0.136. The Morgan fingerprint density at radius 2 is 1.93 bits per heavy atom. The average Bonchev–Trinajstić information content (AvgIpc) is 3.17. The van der Waals surface area contributed by atoms with Crippen LogP contribution in [0.2, 0.25) is 0 Å². The highest BCUT2D eigenvalue weighted by molar-refractivity contribution is 6.39. The van der Waals surface area contributed by atoms with Crippen molar-refractivity contribution in [2.24, 2.45) is 0 Å². The van der Waals surface area contributed by atoms with Crippen molar-refractivity contribution in [3.05, 3.63) is 71.8 Å². The molecule has 0 bridgehead atoms. The molecule has 3 N–H and O–H groups in total. The zero-order valence-corrected chi connectivity index (χ0v) is 15.4. The van der Waals surface area contributed by atoms with E-state index in [1.165, 1.54) is 12.1 Å². The number of aromatic nitrogens is 2. The number of nitrogens with one attached hydrogen (secondary N) is 3. The Kier molecular flexibility index (Phi) is 5.24. The van der Waals surface area contributed by atoms with E-state index >= 15 is 0 Å². The van der Waals surface area contributed by atoms with Gasteiger partial charge in [0.25, 0.3) is 0 Å². The number of hydrogen-bond donors (Lipinski definition) is 3. The summed E-state index contributed by atoms with van der Waals surface area (Å²) in [5, 5.41) is 12.2. The van der Waals surface area contributed by atoms with E-state index in [2.05, 4.69) is 20.8 Å². The maximum absolute atomic E-state index is 13.2. The summed E-state index contributed by atoms with van der Waals surface area (Å²) in [7, 11) is 0. The highest BCUT2D eigenvalue weighted by Gasteiger charge is 2.24. The van der Waals surface area contributed by atoms with Crippen molar-refractivity contribution in [2.75, 3.05) is 5.32 Å². The number of benzene rings is 2. The molecular formula is C21H19FN4O3. The smallest absolute Gasteiger partial charge is 0.313 e. The lowest BCUT2D eigenvalue weighted by atomic mass is 9.94. The van der Waals surface area contributed by atoms with Crippen molar-refractivity contribution in [3.63, 3.8) is 0 Å². The number of anilines is 1. The molecule has 0 fully saturated rings. The van der Waals surface area contributed by atoms with E-state index in [0.717, 1.165) is 24.1 Å². The number of halogens is 1. The third-order valence-corrected chi connectivity index (χ3v) is 4.71. The third-order valence-electron chi connectivity index (χ3n) is 4.71. The molecule has 1 aromatic heterocycles. The highest BCUT2D eigenvalue weighted by atomic mass is 19.1. The van der Waals surface area contributed by atoms with Gasteiger partial charge >= 0.3 is 11.8 Å². The predicted molar refractivity (Wildman–Crippen MR) is 104 cm³/mol. The van der Waals surface area contributed by atoms with Crippen molar-refractivity contribution >= 4 is 17.5 Å². The summed E-state index contributed by atoms with van der Waals surface area (Å²) in [5.74, 6) is -0.957. The molecule has 29 heavy (non-hydrogen) atoms. The Labute approximate surface area is 166 Å². The van der Waals surface area contributed by atoms with Crippen molar-refractivity contribution in [1.29, 1.82) is 0 Å². The summed E-state index contributed by atoms with van der Waals surface area (Å²) in [6.07, 6.45) is 3.99. The molecule has 1 heterocycles. The largest absolute Gasteiger partial charge is 0.457 e. The molecule has 3 aromatic rings. The van der Waals surface area contributed by atoms with Crippen LogP contribution < -0.4 is 15.4 Å². The second-order valence-electron chi connectivity index (χ2n) is 6.82. The summed E-state index contributed by atoms with van der Waals surface area (Å²) in [4.78, 5) is 24.4. The van der Waals surface area contributed by atoms with E-state index in [9.17, 15) is 14.0 Å². The first-order valence-electron chi connectivity index (χ1n) is 9.23. The van der Waals surface area contributed by atoms with Crippen LogP contribution in [0.25, 0.3) is 0 Å². The fourth-order valence-electron chi connectivity index (χ4n) is 3.24. The lowest BCUT2D eigenvalue weighted by Gasteiger charge is -2.22. The van der Waals surface area contributed by atoms with Crippen LogP contribution in [0.1, 0.15) is 17.7 Å². The topological polar surface area (TPSA) is 96.1 Å². The van der Waals surface area contributed by atoms with Gasteiger partial charge < -0.3 is 15.4 Å². The SMILES string of the molecule is O=C(Nc1ccc(Oc2cccc(F)c2)cc1)C(=O)N[C@H]1CCc2cn[nH]c2C1. The van der Waals surface area contributed by atoms with Gasteiger partial charge in [-0.05, 0) is 54.8 Å². The molecule has 2 amide bonds. The number of carbonyl (C=O) groups is 2. The second kappa shape index (κ2) is 8.14. The van der Waals surface area contributed by atoms with Gasteiger partial charge in [0.2, 0.25) is 0 Å². The first kappa shape index (κ1) is 18.7. The number of aromatic amines is 1. The van der Waals surface area contributed by atoms with Gasteiger partial charge in [-0.1, -0.05) is 6.07 Å². The summed E-state index contributed by atoms with van der Waals surface area (Å²) in [6.45, 7) is 0. The number of ether oxygens (including phenoxy) is 1. The van der Waals surface area contributed by atoms with E-state index in [-0.39, 0.29) is 11.9 Å². The molecule has 1 atom stereocenters. The molecule has 2 aromatic carbocycles. The number of carbonyl (C=O) groups excluding carboxylic acids is 2. The van der Waals surface area contributed by atoms with Crippen LogP contribution in [-0.4, -0.2) is 28.1 Å². The van der Waals surface area contributed by atoms with Gasteiger partial charge in [-0.25, -0.2) is 4.39 Å². The number of H-pyrrole nitrogens is 1. The Morgan fingerprint density at radius 3 is 2.72 bits per heavy atom. The Hall–Kier alpha value is -3.68. The van der Waals surface area contributed by atoms with Gasteiger partial charge in [-0.15, -0.1) is 0 Å². The fourth-order valence-corrected chi connectivity index (χ4v) is 3.24. The van der Waals surface area contributed by atoms with Gasteiger partial charge in [0.05, 0.1) is 6.20 Å². The van der Waals surface area contributed by atoms with Gasteiger partial charge in [0, 0.05) is 29.9 Å². The summed E-state index contributed by atoms with van der Waals surface area (Å²) in [6, 6.07) is 12.2. The maximum atomic E-state index is 13.2. The summed E-state index contributed by atoms with van der Waals surface area (Å²) in [5.41, 5.74) is 2.60. The number of fused-ring (bicyclic) bond motifs is 1. The predicted octanol–water partition coefficient (Wildman–Crippen LogP) is 2.95. The average molecular weight is 394 g/mol. The lowest BCUT2D eigenvalue weighted by Crippen LogP contribution is -2.44. The van der Waals surface area contributed by atoms with Crippen LogP contribution in [0.15, 0.2) is 54.7 Å². The van der Waals surface area contributed by atoms with Crippen molar-refractivity contribution in [1.82, 2.24) is 15.5 Å². The molecule has 0 aliphatic heterocycles. The molecule has 0 spiro atoms. The monoisotopic (exact) mass is 394 g/mol. The van der Waals surface area contributed by atoms with Gasteiger partial charge in [0.15, 0.2) is 0 Å². The number of aryl methyl sites for hydroxylation is 1. The van der Waals surface area contributed by atoms with Crippen LogP contribution in [0.5, 0.6) is 11.5 Å². The number of nitrogens with zero attached hydrogens (tertiary/aromatic N) is 1. The molecular weight excluding hydrogens is 375 g/mol. The van der Waals surface area contributed by atoms with Crippen LogP contribution in [0.4, 0.5) is 10.1 Å². The van der Waals surface area contributed by atoms with Crippen LogP contribution >= 0.6 is 0 Å². The van der Waals surface area contributed by atoms with E-state index in [0.29, 0.717) is 23.6 Å². The first-order chi connectivity index (χ1) is 14.1. The van der Waals surface area contributed by atoms with Crippen LogP contribution in [0.3, 0.4) is 0 Å². The second-order valence-corrected chi connectivity index (χ2v) is 6.82. The molecule has 0 unspecified atom stereocenters. The van der Waals surface area contributed by atoms with Crippen molar-refractivity contribution < 1.29 is 18.7 Å². The minimum absolute atomic E-state index is 0.108. The van der Waals surface area contributed by atoms with Crippen LogP contribution in [-0.2, 0) is 22.4 Å². The molecule has 8 heteroatoms. The van der Waals surface area contributed by atoms with Gasteiger partial charge in [-0.2, -0.15) is 5.10 Å². The molecule has 4 rings (SSSR count). The normalized spacial score (nSPS) is 15.3. The van der Waals surface area contributed by atoms with Gasteiger partial charge in [-0.3, -0.25) is 14.7 Å². The quantitative estimate of drug-likeness (QED) is 0.593. The number of hydrogen-bond acceptors (Lipinski definition) is 4. The number of amides is 2. The van der Waals surface area contributed by atoms with E-state index in [1.54, 1.807) is 42.6 Å². The van der Waals surface area contributed by atoms with E-state index < -0.39 is 11.8 Å². The Balaban J connectivity index is 1.30. The minimum atomic E-state index is -0.737. The Bertz CT molecular complexity index is 1030. The standard InChI is InChI=1S/C21H19FN4O3/c22-14-2-1-3-18(10-14)29-17-8-6-15(7-9-17)24-20(27)21(28)25-16-5-4-13-12-23-26-19(13)11-16/h1-3,6-10,12,16H,4-5,11H2,(H,23,26)(H,24,27)(H,25,28)/t16-/m0/s1. The van der Waals surface area contributed by atoms with E-state index in [4.69, 9.17) is 4.74 Å². The maximum Gasteiger partial charge on any atom is 0.313 e. The first-order valence-corrected chi connectivity index (χ1v) is 9.23. The van der Waals surface area contributed by atoms with Crippen molar-refractivity contribution in [3.8, 4) is 11.5 Å². The number of rotatable bonds is 4.